The number of hydrogen-bond acceptors (Lipinski definition) is 3. The van der Waals surface area contributed by atoms with E-state index in [4.69, 9.17) is 0 Å². The molecule has 3 aliphatic heterocycles. The van der Waals surface area contributed by atoms with Crippen molar-refractivity contribution < 1.29 is 4.79 Å². The first-order valence-electron chi connectivity index (χ1n) is 8.47. The zero-order valence-electron chi connectivity index (χ0n) is 13.7. The molecule has 1 amide bonds. The first-order valence-corrected chi connectivity index (χ1v) is 8.47. The van der Waals surface area contributed by atoms with Crippen LogP contribution in [-0.2, 0) is 18.3 Å². The molecule has 0 spiro atoms. The molecule has 5 nitrogen and oxygen atoms in total. The van der Waals surface area contributed by atoms with Crippen LogP contribution in [-0.4, -0.2) is 65.6 Å². The van der Waals surface area contributed by atoms with Crippen LogP contribution in [0.3, 0.4) is 0 Å². The summed E-state index contributed by atoms with van der Waals surface area (Å²) < 4.78 is 2.09. The van der Waals surface area contributed by atoms with Gasteiger partial charge in [-0.2, -0.15) is 0 Å². The minimum atomic E-state index is 0.124. The Bertz CT molecular complexity index is 715. The molecule has 5 rings (SSSR count). The van der Waals surface area contributed by atoms with Crippen molar-refractivity contribution in [3.63, 3.8) is 0 Å². The van der Waals surface area contributed by atoms with Crippen LogP contribution >= 0.6 is 0 Å². The van der Waals surface area contributed by atoms with Crippen molar-refractivity contribution in [1.82, 2.24) is 19.7 Å². The van der Waals surface area contributed by atoms with Gasteiger partial charge in [0.05, 0.1) is 6.42 Å². The molecule has 23 heavy (non-hydrogen) atoms. The van der Waals surface area contributed by atoms with Gasteiger partial charge < -0.3 is 9.88 Å². The average molecular weight is 312 g/mol. The van der Waals surface area contributed by atoms with Gasteiger partial charge >= 0.3 is 0 Å². The highest BCUT2D eigenvalue weighted by molar-refractivity contribution is 5.89. The normalized spacial score (nSPS) is 26.6. The number of fused-ring (bicyclic) bond motifs is 4. The largest absolute Gasteiger partial charge is 0.354 e. The van der Waals surface area contributed by atoms with E-state index in [0.29, 0.717) is 12.5 Å². The predicted molar refractivity (Wildman–Crippen MR) is 91.4 cm³/mol. The van der Waals surface area contributed by atoms with Gasteiger partial charge in [0, 0.05) is 69.5 Å². The summed E-state index contributed by atoms with van der Waals surface area (Å²) in [6, 6.07) is 8.74. The van der Waals surface area contributed by atoms with Crippen LogP contribution in [0.4, 0.5) is 0 Å². The fourth-order valence-corrected chi connectivity index (χ4v) is 3.95. The van der Waals surface area contributed by atoms with E-state index >= 15 is 0 Å². The van der Waals surface area contributed by atoms with Crippen LogP contribution in [0.5, 0.6) is 0 Å². The fraction of sp³-hybridized carbons (Fsp3) is 0.500. The van der Waals surface area contributed by atoms with E-state index in [1.807, 2.05) is 19.2 Å². The SMILES string of the molecule is Cn1cc(CC(=O)NCC2CN3CCN2CC3)c2ccccc21. The standard InChI is InChI=1S/C18H24N4O/c1-20-12-14(16-4-2-3-5-17(16)20)10-18(23)19-11-15-13-21-6-8-22(15)9-7-21/h2-5,12,15H,6-11,13H2,1H3,(H,19,23). The Balaban J connectivity index is 1.38. The van der Waals surface area contributed by atoms with Crippen LogP contribution in [0.2, 0.25) is 0 Å². The number of amides is 1. The number of para-hydroxylation sites is 1. The summed E-state index contributed by atoms with van der Waals surface area (Å²) in [6.45, 7) is 6.50. The Hall–Kier alpha value is -1.85. The van der Waals surface area contributed by atoms with Crippen molar-refractivity contribution in [2.45, 2.75) is 12.5 Å². The molecule has 3 fully saturated rings. The maximum Gasteiger partial charge on any atom is 0.224 e. The number of hydrogen-bond donors (Lipinski definition) is 1. The van der Waals surface area contributed by atoms with Gasteiger partial charge in [-0.25, -0.2) is 0 Å². The van der Waals surface area contributed by atoms with E-state index in [2.05, 4.69) is 38.0 Å². The zero-order chi connectivity index (χ0) is 15.8. The molecule has 2 aromatic rings. The second-order valence-electron chi connectivity index (χ2n) is 6.75. The number of nitrogens with zero attached hydrogens (tertiary/aromatic N) is 3. The number of nitrogens with one attached hydrogen (secondary N) is 1. The number of aryl methyl sites for hydroxylation is 1. The number of rotatable bonds is 4. The van der Waals surface area contributed by atoms with E-state index in [9.17, 15) is 4.79 Å². The Morgan fingerprint density at radius 2 is 2.00 bits per heavy atom. The minimum absolute atomic E-state index is 0.124. The van der Waals surface area contributed by atoms with E-state index in [0.717, 1.165) is 31.7 Å². The van der Waals surface area contributed by atoms with Gasteiger partial charge in [0.2, 0.25) is 5.91 Å². The van der Waals surface area contributed by atoms with Crippen LogP contribution in [0, 0.1) is 0 Å². The van der Waals surface area contributed by atoms with E-state index in [1.165, 1.54) is 24.0 Å². The molecular weight excluding hydrogens is 288 g/mol. The number of carbonyl (C=O) groups is 1. The third kappa shape index (κ3) is 2.86. The first kappa shape index (κ1) is 14.7. The maximum atomic E-state index is 12.4. The monoisotopic (exact) mass is 312 g/mol. The summed E-state index contributed by atoms with van der Waals surface area (Å²) in [5.74, 6) is 0.124. The molecule has 122 valence electrons. The van der Waals surface area contributed by atoms with Gasteiger partial charge in [0.25, 0.3) is 0 Å². The van der Waals surface area contributed by atoms with Gasteiger partial charge in [-0.05, 0) is 11.6 Å². The molecule has 5 heteroatoms. The Labute approximate surface area is 136 Å². The van der Waals surface area contributed by atoms with Crippen LogP contribution < -0.4 is 5.32 Å². The minimum Gasteiger partial charge on any atom is -0.354 e. The van der Waals surface area contributed by atoms with E-state index in [-0.39, 0.29) is 5.91 Å². The molecule has 3 aliphatic rings. The lowest BCUT2D eigenvalue weighted by Gasteiger charge is -2.47. The molecule has 0 aliphatic carbocycles. The van der Waals surface area contributed by atoms with Gasteiger partial charge in [-0.3, -0.25) is 14.6 Å². The molecule has 0 radical (unpaired) electrons. The Morgan fingerprint density at radius 3 is 2.74 bits per heavy atom. The molecule has 1 N–H and O–H groups in total. The maximum absolute atomic E-state index is 12.4. The van der Waals surface area contributed by atoms with Crippen LogP contribution in [0.25, 0.3) is 10.9 Å². The molecule has 4 heterocycles. The Morgan fingerprint density at radius 1 is 1.22 bits per heavy atom. The first-order chi connectivity index (χ1) is 11.2. The molecular formula is C18H24N4O. The summed E-state index contributed by atoms with van der Waals surface area (Å²) in [4.78, 5) is 17.4. The molecule has 3 saturated heterocycles. The van der Waals surface area contributed by atoms with Gasteiger partial charge in [-0.15, -0.1) is 0 Å². The molecule has 1 aromatic heterocycles. The topological polar surface area (TPSA) is 40.5 Å². The zero-order valence-corrected chi connectivity index (χ0v) is 13.7. The molecule has 1 aromatic carbocycles. The highest BCUT2D eigenvalue weighted by Gasteiger charge is 2.31. The van der Waals surface area contributed by atoms with E-state index < -0.39 is 0 Å². The van der Waals surface area contributed by atoms with Crippen molar-refractivity contribution in [1.29, 1.82) is 0 Å². The molecule has 2 bridgehead atoms. The smallest absolute Gasteiger partial charge is 0.224 e. The number of aromatic nitrogens is 1. The third-order valence-corrected chi connectivity index (χ3v) is 5.26. The van der Waals surface area contributed by atoms with E-state index in [1.54, 1.807) is 0 Å². The average Bonchev–Trinajstić information content (AvgIpc) is 2.90. The lowest BCUT2D eigenvalue weighted by atomic mass is 10.1. The highest BCUT2D eigenvalue weighted by atomic mass is 16.1. The van der Waals surface area contributed by atoms with Gasteiger partial charge in [-0.1, -0.05) is 18.2 Å². The fourth-order valence-electron chi connectivity index (χ4n) is 3.95. The lowest BCUT2D eigenvalue weighted by molar-refractivity contribution is -0.121. The molecule has 0 saturated carbocycles. The van der Waals surface area contributed by atoms with Crippen LogP contribution in [0.15, 0.2) is 30.5 Å². The quantitative estimate of drug-likeness (QED) is 0.909. The van der Waals surface area contributed by atoms with Crippen molar-refractivity contribution in [2.75, 3.05) is 39.3 Å². The van der Waals surface area contributed by atoms with Crippen molar-refractivity contribution >= 4 is 16.8 Å². The van der Waals surface area contributed by atoms with Crippen molar-refractivity contribution in [3.8, 4) is 0 Å². The van der Waals surface area contributed by atoms with Crippen LogP contribution in [0.1, 0.15) is 5.56 Å². The molecule has 1 atom stereocenters. The van der Waals surface area contributed by atoms with Crippen molar-refractivity contribution in [2.24, 2.45) is 7.05 Å². The highest BCUT2D eigenvalue weighted by Crippen LogP contribution is 2.20. The predicted octanol–water partition coefficient (Wildman–Crippen LogP) is 0.837. The third-order valence-electron chi connectivity index (χ3n) is 5.26. The second-order valence-corrected chi connectivity index (χ2v) is 6.75. The summed E-state index contributed by atoms with van der Waals surface area (Å²) in [5, 5.41) is 4.32. The molecule has 1 unspecified atom stereocenters. The summed E-state index contributed by atoms with van der Waals surface area (Å²) in [7, 11) is 2.03. The summed E-state index contributed by atoms with van der Waals surface area (Å²) >= 11 is 0. The summed E-state index contributed by atoms with van der Waals surface area (Å²) in [6.07, 6.45) is 2.53. The number of benzene rings is 1. The Kier molecular flexibility index (Phi) is 3.83. The number of carbonyl (C=O) groups excluding carboxylic acids is 1. The lowest BCUT2D eigenvalue weighted by Crippen LogP contribution is -2.63. The summed E-state index contributed by atoms with van der Waals surface area (Å²) in [5.41, 5.74) is 2.29. The van der Waals surface area contributed by atoms with Gasteiger partial charge in [0.1, 0.15) is 0 Å². The number of piperazine rings is 3. The van der Waals surface area contributed by atoms with Gasteiger partial charge in [0.15, 0.2) is 0 Å². The second kappa shape index (κ2) is 5.98. The van der Waals surface area contributed by atoms with Crippen molar-refractivity contribution in [3.05, 3.63) is 36.0 Å².